The van der Waals surface area contributed by atoms with Crippen molar-refractivity contribution in [2.45, 2.75) is 6.92 Å². The number of hydrogen-bond donors (Lipinski definition) is 1. The number of halogens is 1. The van der Waals surface area contributed by atoms with Gasteiger partial charge in [0.05, 0.1) is 11.7 Å². The zero-order chi connectivity index (χ0) is 14.1. The molecule has 0 fully saturated rings. The zero-order valence-electron chi connectivity index (χ0n) is 10.8. The van der Waals surface area contributed by atoms with Gasteiger partial charge >= 0.3 is 6.03 Å². The molecule has 100 valence electrons. The average molecular weight is 269 g/mol. The third-order valence-corrected chi connectivity index (χ3v) is 2.99. The van der Waals surface area contributed by atoms with Crippen LogP contribution in [0.25, 0.3) is 10.9 Å². The number of nitrogens with one attached hydrogen (secondary N) is 1. The van der Waals surface area contributed by atoms with Crippen LogP contribution in [0.2, 0.25) is 0 Å². The first kappa shape index (κ1) is 12.3. The molecule has 0 saturated carbocycles. The Morgan fingerprint density at radius 3 is 2.90 bits per heavy atom. The predicted octanol–water partition coefficient (Wildman–Crippen LogP) is 3.56. The third kappa shape index (κ3) is 2.25. The molecule has 0 bridgehead atoms. The van der Waals surface area contributed by atoms with Crippen LogP contribution in [0.5, 0.6) is 0 Å². The van der Waals surface area contributed by atoms with Gasteiger partial charge in [0, 0.05) is 11.1 Å². The highest BCUT2D eigenvalue weighted by Crippen LogP contribution is 2.16. The molecule has 0 aliphatic rings. The number of aromatic nitrogens is 2. The van der Waals surface area contributed by atoms with E-state index in [9.17, 15) is 9.18 Å². The Hall–Kier alpha value is -2.69. The van der Waals surface area contributed by atoms with E-state index in [-0.39, 0.29) is 0 Å². The molecule has 4 nitrogen and oxygen atoms in total. The first-order valence-electron chi connectivity index (χ1n) is 6.15. The van der Waals surface area contributed by atoms with Crippen molar-refractivity contribution in [3.8, 4) is 0 Å². The van der Waals surface area contributed by atoms with Crippen LogP contribution >= 0.6 is 0 Å². The van der Waals surface area contributed by atoms with Crippen LogP contribution < -0.4 is 5.32 Å². The van der Waals surface area contributed by atoms with Crippen LogP contribution in [0, 0.1) is 12.7 Å². The smallest absolute Gasteiger partial charge is 0.306 e. The summed E-state index contributed by atoms with van der Waals surface area (Å²) in [6.45, 7) is 1.98. The first-order chi connectivity index (χ1) is 9.63. The van der Waals surface area contributed by atoms with E-state index in [1.165, 1.54) is 22.9 Å². The zero-order valence-corrected chi connectivity index (χ0v) is 10.8. The number of carbonyl (C=O) groups excluding carboxylic acids is 1. The van der Waals surface area contributed by atoms with Crippen molar-refractivity contribution in [1.82, 2.24) is 9.78 Å². The monoisotopic (exact) mass is 269 g/mol. The van der Waals surface area contributed by atoms with Crippen molar-refractivity contribution in [2.75, 3.05) is 5.32 Å². The lowest BCUT2D eigenvalue weighted by atomic mass is 10.2. The number of amides is 1. The molecule has 20 heavy (non-hydrogen) atoms. The van der Waals surface area contributed by atoms with Gasteiger partial charge in [-0.2, -0.15) is 9.78 Å². The van der Waals surface area contributed by atoms with E-state index in [1.807, 2.05) is 25.1 Å². The van der Waals surface area contributed by atoms with Gasteiger partial charge in [0.15, 0.2) is 0 Å². The van der Waals surface area contributed by atoms with Crippen LogP contribution in [-0.2, 0) is 0 Å². The van der Waals surface area contributed by atoms with Crippen molar-refractivity contribution in [1.29, 1.82) is 0 Å². The minimum absolute atomic E-state index is 0.394. The molecule has 1 N–H and O–H groups in total. The summed E-state index contributed by atoms with van der Waals surface area (Å²) in [5, 5.41) is 7.57. The molecule has 3 aromatic rings. The second-order valence-corrected chi connectivity index (χ2v) is 4.56. The molecule has 0 radical (unpaired) electrons. The van der Waals surface area contributed by atoms with E-state index in [4.69, 9.17) is 0 Å². The summed E-state index contributed by atoms with van der Waals surface area (Å²) in [4.78, 5) is 12.2. The van der Waals surface area contributed by atoms with E-state index in [0.29, 0.717) is 11.2 Å². The van der Waals surface area contributed by atoms with Crippen molar-refractivity contribution in [2.24, 2.45) is 0 Å². The molecule has 1 amide bonds. The molecule has 1 aromatic heterocycles. The van der Waals surface area contributed by atoms with Crippen LogP contribution in [0.4, 0.5) is 14.9 Å². The molecule has 0 unspecified atom stereocenters. The minimum atomic E-state index is -0.422. The first-order valence-corrected chi connectivity index (χ1v) is 6.15. The molecule has 5 heteroatoms. The Bertz CT molecular complexity index is 795. The number of anilines is 1. The van der Waals surface area contributed by atoms with Crippen molar-refractivity contribution < 1.29 is 9.18 Å². The number of aryl methyl sites for hydroxylation is 1. The Labute approximate surface area is 114 Å². The van der Waals surface area contributed by atoms with Crippen molar-refractivity contribution >= 4 is 22.6 Å². The van der Waals surface area contributed by atoms with Gasteiger partial charge in [0.2, 0.25) is 0 Å². The lowest BCUT2D eigenvalue weighted by Crippen LogP contribution is -2.20. The molecule has 0 aliphatic carbocycles. The second kappa shape index (κ2) is 4.77. The summed E-state index contributed by atoms with van der Waals surface area (Å²) in [7, 11) is 0. The van der Waals surface area contributed by atoms with Gasteiger partial charge in [-0.15, -0.1) is 0 Å². The lowest BCUT2D eigenvalue weighted by Gasteiger charge is -2.06. The Balaban J connectivity index is 1.93. The number of benzene rings is 2. The molecule has 0 saturated heterocycles. The maximum absolute atomic E-state index is 13.1. The minimum Gasteiger partial charge on any atom is -0.306 e. The van der Waals surface area contributed by atoms with E-state index < -0.39 is 11.8 Å². The molecule has 3 rings (SSSR count). The van der Waals surface area contributed by atoms with Crippen molar-refractivity contribution in [3.63, 3.8) is 0 Å². The summed E-state index contributed by atoms with van der Waals surface area (Å²) in [5.74, 6) is -0.399. The highest BCUT2D eigenvalue weighted by atomic mass is 19.1. The number of fused-ring (bicyclic) bond motifs is 1. The quantitative estimate of drug-likeness (QED) is 0.734. The van der Waals surface area contributed by atoms with Gasteiger partial charge in [-0.3, -0.25) is 0 Å². The maximum Gasteiger partial charge on any atom is 0.347 e. The number of nitrogens with zero attached hydrogens (tertiary/aromatic N) is 2. The fourth-order valence-electron chi connectivity index (χ4n) is 2.06. The molecule has 0 atom stereocenters. The van der Waals surface area contributed by atoms with Gasteiger partial charge in [0.1, 0.15) is 5.82 Å². The number of carbonyl (C=O) groups is 1. The van der Waals surface area contributed by atoms with Crippen LogP contribution in [0.3, 0.4) is 0 Å². The normalized spacial score (nSPS) is 10.7. The average Bonchev–Trinajstić information content (AvgIpc) is 2.81. The van der Waals surface area contributed by atoms with Crippen molar-refractivity contribution in [3.05, 3.63) is 60.0 Å². The molecule has 0 aliphatic heterocycles. The Morgan fingerprint density at radius 2 is 2.10 bits per heavy atom. The van der Waals surface area contributed by atoms with Gasteiger partial charge in [-0.05, 0) is 37.3 Å². The largest absolute Gasteiger partial charge is 0.347 e. The van der Waals surface area contributed by atoms with E-state index in [0.717, 1.165) is 10.9 Å². The summed E-state index contributed by atoms with van der Waals surface area (Å²) in [5.41, 5.74) is 2.21. The van der Waals surface area contributed by atoms with E-state index >= 15 is 0 Å². The Kier molecular flexibility index (Phi) is 2.95. The highest BCUT2D eigenvalue weighted by molar-refractivity contribution is 5.97. The highest BCUT2D eigenvalue weighted by Gasteiger charge is 2.10. The SMILES string of the molecule is Cc1ccc2c(cnn2C(=O)Nc2cccc(F)c2)c1. The standard InChI is InChI=1S/C15H12FN3O/c1-10-5-6-14-11(7-10)9-17-19(14)15(20)18-13-4-2-3-12(16)8-13/h2-9H,1H3,(H,18,20). The molecule has 1 heterocycles. The van der Waals surface area contributed by atoms with E-state index in [1.54, 1.807) is 12.3 Å². The van der Waals surface area contributed by atoms with Gasteiger partial charge < -0.3 is 5.32 Å². The number of rotatable bonds is 1. The molecular weight excluding hydrogens is 257 g/mol. The second-order valence-electron chi connectivity index (χ2n) is 4.56. The lowest BCUT2D eigenvalue weighted by molar-refractivity contribution is 0.252. The van der Waals surface area contributed by atoms with Gasteiger partial charge in [0.25, 0.3) is 0 Å². The van der Waals surface area contributed by atoms with Crippen LogP contribution in [0.1, 0.15) is 5.56 Å². The maximum atomic E-state index is 13.1. The van der Waals surface area contributed by atoms with Crippen LogP contribution in [0.15, 0.2) is 48.7 Å². The van der Waals surface area contributed by atoms with Gasteiger partial charge in [-0.25, -0.2) is 9.18 Å². The Morgan fingerprint density at radius 1 is 1.25 bits per heavy atom. The van der Waals surface area contributed by atoms with Crippen LogP contribution in [-0.4, -0.2) is 15.8 Å². The predicted molar refractivity (Wildman–Crippen MR) is 75.3 cm³/mol. The summed E-state index contributed by atoms with van der Waals surface area (Å²) in [6.07, 6.45) is 1.63. The molecular formula is C15H12FN3O. The molecule has 0 spiro atoms. The third-order valence-electron chi connectivity index (χ3n) is 2.99. The summed E-state index contributed by atoms with van der Waals surface area (Å²) < 4.78 is 14.3. The number of hydrogen-bond acceptors (Lipinski definition) is 2. The van der Waals surface area contributed by atoms with E-state index in [2.05, 4.69) is 10.4 Å². The summed E-state index contributed by atoms with van der Waals surface area (Å²) >= 11 is 0. The topological polar surface area (TPSA) is 46.9 Å². The molecule has 2 aromatic carbocycles. The fraction of sp³-hybridized carbons (Fsp3) is 0.0667. The van der Waals surface area contributed by atoms with Gasteiger partial charge in [-0.1, -0.05) is 17.7 Å². The summed E-state index contributed by atoms with van der Waals surface area (Å²) in [6, 6.07) is 11.0. The fourth-order valence-corrected chi connectivity index (χ4v) is 2.06.